The van der Waals surface area contributed by atoms with Gasteiger partial charge in [0.25, 0.3) is 0 Å². The molecule has 17 heavy (non-hydrogen) atoms. The fourth-order valence-corrected chi connectivity index (χ4v) is 2.18. The Kier molecular flexibility index (Phi) is 10.8. The Labute approximate surface area is 107 Å². The molecular formula is C14H30N2O. The van der Waals surface area contributed by atoms with E-state index in [1.165, 1.54) is 70.9 Å². The van der Waals surface area contributed by atoms with Crippen molar-refractivity contribution >= 4 is 0 Å². The highest BCUT2D eigenvalue weighted by Crippen LogP contribution is 2.04. The zero-order valence-electron chi connectivity index (χ0n) is 11.3. The first-order valence-corrected chi connectivity index (χ1v) is 7.49. The molecule has 1 aliphatic rings. The fourth-order valence-electron chi connectivity index (χ4n) is 2.18. The zero-order valence-corrected chi connectivity index (χ0v) is 11.3. The second-order valence-electron chi connectivity index (χ2n) is 4.98. The predicted octanol–water partition coefficient (Wildman–Crippen LogP) is 2.66. The van der Waals surface area contributed by atoms with Crippen molar-refractivity contribution in [2.24, 2.45) is 0 Å². The Balaban J connectivity index is 2.01. The van der Waals surface area contributed by atoms with Crippen LogP contribution in [0.3, 0.4) is 0 Å². The van der Waals surface area contributed by atoms with E-state index in [2.05, 4.69) is 10.6 Å². The minimum absolute atomic E-state index is 0.734. The molecule has 1 heterocycles. The van der Waals surface area contributed by atoms with Gasteiger partial charge in [-0.1, -0.05) is 25.7 Å². The van der Waals surface area contributed by atoms with Gasteiger partial charge < -0.3 is 10.1 Å². The molecule has 0 spiro atoms. The Hall–Kier alpha value is -0.120. The van der Waals surface area contributed by atoms with Gasteiger partial charge in [-0.05, 0) is 51.7 Å². The lowest BCUT2D eigenvalue weighted by molar-refractivity contribution is 0.113. The SMILES string of the molecule is C1CCCCNCOCCCCCNCCC1. The van der Waals surface area contributed by atoms with Gasteiger partial charge in [-0.25, -0.2) is 0 Å². The molecule has 2 N–H and O–H groups in total. The van der Waals surface area contributed by atoms with Gasteiger partial charge in [0.15, 0.2) is 0 Å². The molecule has 1 aliphatic heterocycles. The van der Waals surface area contributed by atoms with E-state index in [0.717, 1.165) is 19.9 Å². The molecule has 0 aromatic heterocycles. The molecule has 0 aromatic rings. The van der Waals surface area contributed by atoms with E-state index in [4.69, 9.17) is 4.74 Å². The third-order valence-corrected chi connectivity index (χ3v) is 3.30. The second-order valence-corrected chi connectivity index (χ2v) is 4.98. The summed E-state index contributed by atoms with van der Waals surface area (Å²) in [5.74, 6) is 0. The first-order valence-electron chi connectivity index (χ1n) is 7.49. The zero-order chi connectivity index (χ0) is 12.0. The number of rotatable bonds is 0. The summed E-state index contributed by atoms with van der Waals surface area (Å²) >= 11 is 0. The maximum atomic E-state index is 5.53. The van der Waals surface area contributed by atoms with Gasteiger partial charge in [-0.3, -0.25) is 5.32 Å². The minimum atomic E-state index is 0.734. The van der Waals surface area contributed by atoms with Crippen LogP contribution in [0.15, 0.2) is 0 Å². The first-order chi connectivity index (χ1) is 8.50. The molecule has 0 aliphatic carbocycles. The van der Waals surface area contributed by atoms with E-state index in [1.54, 1.807) is 0 Å². The summed E-state index contributed by atoms with van der Waals surface area (Å²) < 4.78 is 5.53. The van der Waals surface area contributed by atoms with Crippen molar-refractivity contribution in [2.75, 3.05) is 33.0 Å². The fraction of sp³-hybridized carbons (Fsp3) is 1.00. The van der Waals surface area contributed by atoms with Crippen LogP contribution in [0.1, 0.15) is 57.8 Å². The van der Waals surface area contributed by atoms with E-state index in [0.29, 0.717) is 0 Å². The molecule has 0 unspecified atom stereocenters. The monoisotopic (exact) mass is 242 g/mol. The van der Waals surface area contributed by atoms with Gasteiger partial charge in [-0.2, -0.15) is 0 Å². The van der Waals surface area contributed by atoms with Crippen molar-refractivity contribution in [3.05, 3.63) is 0 Å². The normalized spacial score (nSPS) is 24.0. The average Bonchev–Trinajstić information content (AvgIpc) is 2.35. The summed E-state index contributed by atoms with van der Waals surface area (Å²) in [4.78, 5) is 0. The highest BCUT2D eigenvalue weighted by atomic mass is 16.5. The summed E-state index contributed by atoms with van der Waals surface area (Å²) in [5.41, 5.74) is 0. The van der Waals surface area contributed by atoms with E-state index in [1.807, 2.05) is 0 Å². The van der Waals surface area contributed by atoms with Gasteiger partial charge in [-0.15, -0.1) is 0 Å². The smallest absolute Gasteiger partial charge is 0.0965 e. The van der Waals surface area contributed by atoms with E-state index in [9.17, 15) is 0 Å². The lowest BCUT2D eigenvalue weighted by Crippen LogP contribution is -2.19. The molecule has 0 atom stereocenters. The quantitative estimate of drug-likeness (QED) is 0.685. The highest BCUT2D eigenvalue weighted by molar-refractivity contribution is 4.52. The third kappa shape index (κ3) is 10.7. The molecular weight excluding hydrogens is 212 g/mol. The molecule has 0 aromatic carbocycles. The largest absolute Gasteiger partial charge is 0.366 e. The lowest BCUT2D eigenvalue weighted by Gasteiger charge is -2.06. The molecule has 3 heteroatoms. The van der Waals surface area contributed by atoms with Crippen LogP contribution in [0.2, 0.25) is 0 Å². The summed E-state index contributed by atoms with van der Waals surface area (Å²) in [5, 5.41) is 6.87. The maximum Gasteiger partial charge on any atom is 0.0965 e. The molecule has 0 amide bonds. The second kappa shape index (κ2) is 12.3. The van der Waals surface area contributed by atoms with Crippen molar-refractivity contribution in [2.45, 2.75) is 57.8 Å². The van der Waals surface area contributed by atoms with Crippen LogP contribution >= 0.6 is 0 Å². The van der Waals surface area contributed by atoms with Gasteiger partial charge >= 0.3 is 0 Å². The molecule has 3 nitrogen and oxygen atoms in total. The van der Waals surface area contributed by atoms with Crippen LogP contribution in [0, 0.1) is 0 Å². The van der Waals surface area contributed by atoms with E-state index in [-0.39, 0.29) is 0 Å². The third-order valence-electron chi connectivity index (χ3n) is 3.30. The number of hydrogen-bond donors (Lipinski definition) is 2. The molecule has 1 saturated heterocycles. The standard InChI is InChI=1S/C14H30N2O/c1-2-4-7-12-16-14-17-13-9-5-8-11-15-10-6-3-1/h15-16H,1-14H2. The van der Waals surface area contributed by atoms with Gasteiger partial charge in [0, 0.05) is 6.61 Å². The van der Waals surface area contributed by atoms with E-state index >= 15 is 0 Å². The van der Waals surface area contributed by atoms with Crippen LogP contribution in [0.25, 0.3) is 0 Å². The first kappa shape index (κ1) is 14.9. The van der Waals surface area contributed by atoms with Crippen molar-refractivity contribution in [1.29, 1.82) is 0 Å². The molecule has 1 rings (SSSR count). The molecule has 0 radical (unpaired) electrons. The maximum absolute atomic E-state index is 5.53. The van der Waals surface area contributed by atoms with Crippen molar-refractivity contribution in [1.82, 2.24) is 10.6 Å². The number of nitrogens with one attached hydrogen (secondary N) is 2. The minimum Gasteiger partial charge on any atom is -0.366 e. The van der Waals surface area contributed by atoms with Gasteiger partial charge in [0.05, 0.1) is 6.73 Å². The molecule has 1 fully saturated rings. The summed E-state index contributed by atoms with van der Waals surface area (Å²) in [7, 11) is 0. The predicted molar refractivity (Wildman–Crippen MR) is 73.2 cm³/mol. The lowest BCUT2D eigenvalue weighted by atomic mass is 10.1. The van der Waals surface area contributed by atoms with Gasteiger partial charge in [0.1, 0.15) is 0 Å². The average molecular weight is 242 g/mol. The molecule has 0 bridgehead atoms. The van der Waals surface area contributed by atoms with Crippen LogP contribution < -0.4 is 10.6 Å². The van der Waals surface area contributed by atoms with Crippen LogP contribution in [0.4, 0.5) is 0 Å². The summed E-state index contributed by atoms with van der Waals surface area (Å²) in [6.45, 7) is 5.14. The highest BCUT2D eigenvalue weighted by Gasteiger charge is 1.95. The number of hydrogen-bond acceptors (Lipinski definition) is 3. The topological polar surface area (TPSA) is 33.3 Å². The van der Waals surface area contributed by atoms with Crippen LogP contribution in [0.5, 0.6) is 0 Å². The van der Waals surface area contributed by atoms with Crippen LogP contribution in [-0.4, -0.2) is 33.0 Å². The van der Waals surface area contributed by atoms with E-state index < -0.39 is 0 Å². The Morgan fingerprint density at radius 2 is 1.06 bits per heavy atom. The molecule has 102 valence electrons. The summed E-state index contributed by atoms with van der Waals surface area (Å²) in [6.07, 6.45) is 12.0. The van der Waals surface area contributed by atoms with Crippen LogP contribution in [-0.2, 0) is 4.74 Å². The summed E-state index contributed by atoms with van der Waals surface area (Å²) in [6, 6.07) is 0. The van der Waals surface area contributed by atoms with Crippen molar-refractivity contribution in [3.8, 4) is 0 Å². The van der Waals surface area contributed by atoms with Gasteiger partial charge in [0.2, 0.25) is 0 Å². The Morgan fingerprint density at radius 3 is 1.76 bits per heavy atom. The molecule has 0 saturated carbocycles. The van der Waals surface area contributed by atoms with Crippen molar-refractivity contribution in [3.63, 3.8) is 0 Å². The van der Waals surface area contributed by atoms with Crippen molar-refractivity contribution < 1.29 is 4.74 Å². The Morgan fingerprint density at radius 1 is 0.529 bits per heavy atom. The number of ether oxygens (including phenoxy) is 1. The Bertz CT molecular complexity index is 83.7.